The van der Waals surface area contributed by atoms with Gasteiger partial charge in [0.05, 0.1) is 0 Å². The minimum atomic E-state index is -0.814. The summed E-state index contributed by atoms with van der Waals surface area (Å²) in [6, 6.07) is 8.13. The molecule has 2 nitrogen and oxygen atoms in total. The van der Waals surface area contributed by atoms with Crippen molar-refractivity contribution in [3.05, 3.63) is 35.4 Å². The third kappa shape index (κ3) is 1.26. The second kappa shape index (κ2) is 3.37. The molecule has 0 bridgehead atoms. The number of hydrogen-bond acceptors (Lipinski definition) is 2. The fourth-order valence-electron chi connectivity index (χ4n) is 2.35. The molecule has 2 rings (SSSR count). The van der Waals surface area contributed by atoms with Gasteiger partial charge in [-0.05, 0) is 18.5 Å². The number of hydrogen-bond donors (Lipinski definition) is 2. The van der Waals surface area contributed by atoms with E-state index >= 15 is 0 Å². The number of rotatable bonds is 2. The van der Waals surface area contributed by atoms with Gasteiger partial charge in [0, 0.05) is 11.5 Å². The van der Waals surface area contributed by atoms with Gasteiger partial charge in [0.2, 0.25) is 0 Å². The van der Waals surface area contributed by atoms with E-state index in [-0.39, 0.29) is 5.92 Å². The Balaban J connectivity index is 2.43. The Hall–Kier alpha value is -0.860. The smallest absolute Gasteiger partial charge is 0.145 e. The predicted octanol–water partition coefficient (Wildman–Crippen LogP) is 1.63. The maximum Gasteiger partial charge on any atom is 0.145 e. The molecule has 0 saturated heterocycles. The summed E-state index contributed by atoms with van der Waals surface area (Å²) >= 11 is 0. The highest BCUT2D eigenvalue weighted by Gasteiger charge is 2.41. The van der Waals surface area contributed by atoms with Crippen LogP contribution in [0.4, 0.5) is 0 Å². The molecule has 2 unspecified atom stereocenters. The maximum absolute atomic E-state index is 10.5. The molecule has 1 aromatic carbocycles. The largest absolute Gasteiger partial charge is 0.371 e. The Kier molecular flexibility index (Phi) is 2.33. The number of fused-ring (bicyclic) bond motifs is 1. The predicted molar refractivity (Wildman–Crippen MR) is 56.9 cm³/mol. The summed E-state index contributed by atoms with van der Waals surface area (Å²) in [5.74, 6) is 0.250. The van der Waals surface area contributed by atoms with Gasteiger partial charge >= 0.3 is 0 Å². The van der Waals surface area contributed by atoms with E-state index in [0.29, 0.717) is 0 Å². The molecule has 2 N–H and O–H groups in total. The Morgan fingerprint density at radius 1 is 1.50 bits per heavy atom. The molecule has 0 heterocycles. The van der Waals surface area contributed by atoms with Crippen molar-refractivity contribution < 1.29 is 5.11 Å². The van der Waals surface area contributed by atoms with E-state index in [2.05, 4.69) is 18.3 Å². The van der Waals surface area contributed by atoms with Crippen LogP contribution >= 0.6 is 0 Å². The van der Waals surface area contributed by atoms with Crippen molar-refractivity contribution >= 4 is 0 Å². The standard InChI is InChI=1S/C12H17NO/c1-3-13-12(14)9(2)8-10-6-4-5-7-11(10)12/h4-7,9,13-14H,3,8H2,1-2H3. The first kappa shape index (κ1) is 9.69. The van der Waals surface area contributed by atoms with Gasteiger partial charge in [-0.15, -0.1) is 0 Å². The molecule has 76 valence electrons. The zero-order valence-corrected chi connectivity index (χ0v) is 8.75. The normalized spacial score (nSPS) is 30.4. The van der Waals surface area contributed by atoms with Crippen LogP contribution in [0.3, 0.4) is 0 Å². The highest BCUT2D eigenvalue weighted by Crippen LogP contribution is 2.38. The van der Waals surface area contributed by atoms with Crippen molar-refractivity contribution in [2.45, 2.75) is 26.0 Å². The average Bonchev–Trinajstić information content (AvgIpc) is 2.41. The molecule has 0 amide bonds. The van der Waals surface area contributed by atoms with Gasteiger partial charge in [-0.2, -0.15) is 0 Å². The molecule has 2 heteroatoms. The van der Waals surface area contributed by atoms with Crippen LogP contribution in [-0.4, -0.2) is 11.7 Å². The van der Waals surface area contributed by atoms with Crippen LogP contribution in [0.25, 0.3) is 0 Å². The van der Waals surface area contributed by atoms with E-state index in [1.807, 2.05) is 25.1 Å². The van der Waals surface area contributed by atoms with Crippen LogP contribution in [0, 0.1) is 5.92 Å². The molecular formula is C12H17NO. The fourth-order valence-corrected chi connectivity index (χ4v) is 2.35. The SMILES string of the molecule is CCNC1(O)c2ccccc2CC1C. The highest BCUT2D eigenvalue weighted by molar-refractivity contribution is 5.37. The van der Waals surface area contributed by atoms with Crippen molar-refractivity contribution in [1.29, 1.82) is 0 Å². The van der Waals surface area contributed by atoms with E-state index in [4.69, 9.17) is 0 Å². The van der Waals surface area contributed by atoms with Crippen molar-refractivity contribution in [1.82, 2.24) is 5.32 Å². The minimum Gasteiger partial charge on any atom is -0.371 e. The molecule has 0 fully saturated rings. The lowest BCUT2D eigenvalue weighted by Gasteiger charge is -2.29. The van der Waals surface area contributed by atoms with Crippen molar-refractivity contribution in [3.8, 4) is 0 Å². The molecule has 1 aliphatic rings. The van der Waals surface area contributed by atoms with Crippen molar-refractivity contribution in [3.63, 3.8) is 0 Å². The first-order valence-corrected chi connectivity index (χ1v) is 5.24. The monoisotopic (exact) mass is 191 g/mol. The second-order valence-electron chi connectivity index (χ2n) is 4.06. The third-order valence-corrected chi connectivity index (χ3v) is 3.11. The zero-order valence-electron chi connectivity index (χ0n) is 8.75. The molecule has 1 aromatic rings. The van der Waals surface area contributed by atoms with Gasteiger partial charge in [-0.1, -0.05) is 38.1 Å². The molecule has 0 spiro atoms. The summed E-state index contributed by atoms with van der Waals surface area (Å²) in [6.07, 6.45) is 0.958. The minimum absolute atomic E-state index is 0.250. The third-order valence-electron chi connectivity index (χ3n) is 3.11. The van der Waals surface area contributed by atoms with Crippen molar-refractivity contribution in [2.75, 3.05) is 6.54 Å². The fraction of sp³-hybridized carbons (Fsp3) is 0.500. The second-order valence-corrected chi connectivity index (χ2v) is 4.06. The lowest BCUT2D eigenvalue weighted by atomic mass is 9.98. The Morgan fingerprint density at radius 3 is 2.93 bits per heavy atom. The Morgan fingerprint density at radius 2 is 2.21 bits per heavy atom. The summed E-state index contributed by atoms with van der Waals surface area (Å²) in [5, 5.41) is 13.7. The summed E-state index contributed by atoms with van der Waals surface area (Å²) in [7, 11) is 0. The van der Waals surface area contributed by atoms with Gasteiger partial charge < -0.3 is 5.11 Å². The first-order chi connectivity index (χ1) is 6.68. The van der Waals surface area contributed by atoms with Crippen LogP contribution in [0.5, 0.6) is 0 Å². The van der Waals surface area contributed by atoms with Gasteiger partial charge in [0.25, 0.3) is 0 Å². The molecule has 14 heavy (non-hydrogen) atoms. The molecule has 0 radical (unpaired) electrons. The van der Waals surface area contributed by atoms with Crippen LogP contribution < -0.4 is 5.32 Å². The lowest BCUT2D eigenvalue weighted by molar-refractivity contribution is -0.0363. The topological polar surface area (TPSA) is 32.3 Å². The van der Waals surface area contributed by atoms with E-state index in [0.717, 1.165) is 18.5 Å². The van der Waals surface area contributed by atoms with Crippen LogP contribution in [0.2, 0.25) is 0 Å². The quantitative estimate of drug-likeness (QED) is 0.696. The lowest BCUT2D eigenvalue weighted by Crippen LogP contribution is -2.45. The maximum atomic E-state index is 10.5. The van der Waals surface area contributed by atoms with E-state index < -0.39 is 5.72 Å². The molecule has 0 saturated carbocycles. The zero-order chi connectivity index (χ0) is 10.2. The molecule has 0 aliphatic heterocycles. The average molecular weight is 191 g/mol. The molecule has 2 atom stereocenters. The summed E-state index contributed by atoms with van der Waals surface area (Å²) in [6.45, 7) is 4.89. The molecular weight excluding hydrogens is 174 g/mol. The van der Waals surface area contributed by atoms with E-state index in [1.165, 1.54) is 5.56 Å². The molecule has 0 aromatic heterocycles. The van der Waals surface area contributed by atoms with Crippen molar-refractivity contribution in [2.24, 2.45) is 5.92 Å². The number of benzene rings is 1. The number of aliphatic hydroxyl groups is 1. The summed E-state index contributed by atoms with van der Waals surface area (Å²) < 4.78 is 0. The summed E-state index contributed by atoms with van der Waals surface area (Å²) in [4.78, 5) is 0. The first-order valence-electron chi connectivity index (χ1n) is 5.24. The Labute approximate surface area is 85.0 Å². The van der Waals surface area contributed by atoms with Gasteiger partial charge in [0.15, 0.2) is 0 Å². The number of nitrogens with one attached hydrogen (secondary N) is 1. The van der Waals surface area contributed by atoms with E-state index in [9.17, 15) is 5.11 Å². The Bertz CT molecular complexity index is 337. The van der Waals surface area contributed by atoms with Gasteiger partial charge in [-0.3, -0.25) is 5.32 Å². The van der Waals surface area contributed by atoms with Crippen LogP contribution in [-0.2, 0) is 12.1 Å². The van der Waals surface area contributed by atoms with Crippen LogP contribution in [0.15, 0.2) is 24.3 Å². The summed E-state index contributed by atoms with van der Waals surface area (Å²) in [5.41, 5.74) is 1.50. The highest BCUT2D eigenvalue weighted by atomic mass is 16.3. The van der Waals surface area contributed by atoms with Crippen LogP contribution in [0.1, 0.15) is 25.0 Å². The van der Waals surface area contributed by atoms with E-state index in [1.54, 1.807) is 0 Å². The van der Waals surface area contributed by atoms with Gasteiger partial charge in [0.1, 0.15) is 5.72 Å². The molecule has 1 aliphatic carbocycles. The van der Waals surface area contributed by atoms with Gasteiger partial charge in [-0.25, -0.2) is 0 Å².